The van der Waals surface area contributed by atoms with Crippen molar-refractivity contribution in [3.05, 3.63) is 164 Å². The summed E-state index contributed by atoms with van der Waals surface area (Å²) in [4.78, 5) is 111. The molecule has 4 aromatic heterocycles. The predicted octanol–water partition coefficient (Wildman–Crippen LogP) is 8.94. The number of nitrogens with zero attached hydrogens (tertiary/aromatic N) is 12. The van der Waals surface area contributed by atoms with Crippen LogP contribution in [0.1, 0.15) is 147 Å². The molecule has 0 unspecified atom stereocenters. The van der Waals surface area contributed by atoms with E-state index in [0.717, 1.165) is 98.4 Å². The molecule has 0 saturated carbocycles. The summed E-state index contributed by atoms with van der Waals surface area (Å²) in [5, 5.41) is 10.9. The minimum absolute atomic E-state index is 0.0199. The van der Waals surface area contributed by atoms with Crippen molar-refractivity contribution < 1.29 is 33.9 Å². The van der Waals surface area contributed by atoms with Gasteiger partial charge in [0.2, 0.25) is 29.5 Å². The number of likely N-dealkylation sites (tertiary alicyclic amines) is 2. The van der Waals surface area contributed by atoms with Crippen molar-refractivity contribution >= 4 is 58.7 Å². The van der Waals surface area contributed by atoms with Crippen LogP contribution in [0.15, 0.2) is 98.1 Å². The highest BCUT2D eigenvalue weighted by atomic mass is 35.5. The van der Waals surface area contributed by atoms with E-state index in [1.165, 1.54) is 22.3 Å². The Morgan fingerprint density at radius 2 is 0.968 bits per heavy atom. The highest BCUT2D eigenvalue weighted by Crippen LogP contribution is 2.41. The number of fused-ring (bicyclic) bond motifs is 4. The van der Waals surface area contributed by atoms with E-state index in [0.29, 0.717) is 81.4 Å². The number of nitrogens with two attached hydrogens (primary N) is 1. The second-order valence-electron chi connectivity index (χ2n) is 28.7. The molecule has 2 aliphatic carbocycles. The molecule has 94 heavy (non-hydrogen) atoms. The predicted molar refractivity (Wildman–Crippen MR) is 359 cm³/mol. The number of pyridine rings is 2. The summed E-state index contributed by atoms with van der Waals surface area (Å²) in [5.74, 6) is -1.16. The zero-order valence-corrected chi connectivity index (χ0v) is 56.8. The Balaban J connectivity index is 0.000000192. The summed E-state index contributed by atoms with van der Waals surface area (Å²) in [6, 6.07) is 18.6. The third-order valence-electron chi connectivity index (χ3n) is 19.9. The van der Waals surface area contributed by atoms with Crippen LogP contribution < -0.4 is 5.73 Å². The number of carbonyl (C=O) groups is 6. The van der Waals surface area contributed by atoms with Crippen molar-refractivity contribution in [2.24, 2.45) is 28.4 Å². The summed E-state index contributed by atoms with van der Waals surface area (Å²) in [6.07, 6.45) is 18.9. The van der Waals surface area contributed by atoms with E-state index in [9.17, 15) is 33.9 Å². The standard InChI is InChI=1S/C36H46ClN7O3.C36H45ClN6O4/c1-24-19-41(23-40-24)20-25-6-5-13-43(21-25)35(47)30-22-42(14-15-44(30)32(46)18-36(2,3)17-31(38)45)34-29-11-10-28(37)16-27(29)9-8-26-7-4-12-39-33(26)34;1-24-19-40(23-39-24)20-25-6-5-13-42(21-25)35(47)30-22-41(14-15-43(30)31(44)17-36(2,3)18-32(45)46)34-29-11-10-28(37)16-27(29)9-8-26-7-4-12-38-33(26)34/h4,7,10-12,16,19,23,25,30,34H,5-6,8-9,13-15,17-18,20-22H2,1-3H3,(H2,38,45);4,7,10-12,16,19,23,25,30,34H,5-6,8-9,13-15,17-18,20-22H2,1-3H3,(H,45,46)/t2*25-,30+,34-/m00/s1. The molecule has 8 heterocycles. The number of aryl methyl sites for hydroxylation is 6. The number of piperidine rings is 2. The first-order chi connectivity index (χ1) is 44.9. The van der Waals surface area contributed by atoms with E-state index in [-0.39, 0.29) is 67.3 Å². The van der Waals surface area contributed by atoms with Crippen LogP contribution in [-0.2, 0) is 67.5 Å². The minimum Gasteiger partial charge on any atom is -0.481 e. The molecule has 12 rings (SSSR count). The molecule has 4 fully saturated rings. The zero-order chi connectivity index (χ0) is 66.6. The van der Waals surface area contributed by atoms with E-state index >= 15 is 0 Å². The average Bonchev–Trinajstić information content (AvgIpc) is 1.28. The number of carboxylic acids is 1. The number of hydrogen-bond donors (Lipinski definition) is 2. The molecule has 500 valence electrons. The van der Waals surface area contributed by atoms with Gasteiger partial charge in [0.15, 0.2) is 0 Å². The van der Waals surface area contributed by atoms with Crippen molar-refractivity contribution in [1.82, 2.24) is 58.5 Å². The van der Waals surface area contributed by atoms with Crippen LogP contribution in [0.3, 0.4) is 0 Å². The Kier molecular flexibility index (Phi) is 21.1. The number of halogens is 2. The van der Waals surface area contributed by atoms with Gasteiger partial charge < -0.3 is 39.6 Å². The molecule has 0 spiro atoms. The highest BCUT2D eigenvalue weighted by molar-refractivity contribution is 6.31. The first-order valence-corrected chi connectivity index (χ1v) is 34.3. The van der Waals surface area contributed by atoms with Gasteiger partial charge >= 0.3 is 5.97 Å². The Labute approximate surface area is 562 Å². The van der Waals surface area contributed by atoms with Crippen LogP contribution in [-0.4, -0.2) is 177 Å². The molecule has 20 nitrogen and oxygen atoms in total. The quantitative estimate of drug-likeness (QED) is 0.0923. The van der Waals surface area contributed by atoms with Gasteiger partial charge in [0.25, 0.3) is 0 Å². The molecule has 0 bridgehead atoms. The molecule has 22 heteroatoms. The van der Waals surface area contributed by atoms with Crippen LogP contribution in [0.25, 0.3) is 0 Å². The van der Waals surface area contributed by atoms with Crippen molar-refractivity contribution in [1.29, 1.82) is 0 Å². The van der Waals surface area contributed by atoms with E-state index in [4.69, 9.17) is 38.9 Å². The molecule has 4 saturated heterocycles. The fraction of sp³-hybridized carbons (Fsp3) is 0.528. The Bertz CT molecular complexity index is 3520. The van der Waals surface area contributed by atoms with E-state index < -0.39 is 34.8 Å². The van der Waals surface area contributed by atoms with E-state index in [1.807, 2.05) is 105 Å². The monoisotopic (exact) mass is 1320 g/mol. The number of amides is 5. The van der Waals surface area contributed by atoms with Crippen LogP contribution in [0.2, 0.25) is 10.0 Å². The Morgan fingerprint density at radius 1 is 0.543 bits per heavy atom. The van der Waals surface area contributed by atoms with Crippen molar-refractivity contribution in [3.63, 3.8) is 0 Å². The van der Waals surface area contributed by atoms with Gasteiger partial charge in [0.05, 0.1) is 53.9 Å². The molecular formula is C72H91Cl2N13O7. The van der Waals surface area contributed by atoms with Gasteiger partial charge in [-0.25, -0.2) is 9.97 Å². The number of hydrogen-bond acceptors (Lipinski definition) is 12. The van der Waals surface area contributed by atoms with Crippen LogP contribution in [0.5, 0.6) is 0 Å². The molecule has 4 aliphatic heterocycles. The maximum Gasteiger partial charge on any atom is 0.303 e. The van der Waals surface area contributed by atoms with Crippen LogP contribution >= 0.6 is 23.2 Å². The lowest BCUT2D eigenvalue weighted by Gasteiger charge is -2.46. The first kappa shape index (κ1) is 67.9. The largest absolute Gasteiger partial charge is 0.481 e. The number of carbonyl (C=O) groups excluding carboxylic acids is 5. The van der Waals surface area contributed by atoms with Crippen molar-refractivity contribution in [2.45, 2.75) is 156 Å². The third-order valence-corrected chi connectivity index (χ3v) is 20.4. The van der Waals surface area contributed by atoms with E-state index in [1.54, 1.807) is 23.6 Å². The molecule has 6 aromatic rings. The highest BCUT2D eigenvalue weighted by Gasteiger charge is 2.46. The van der Waals surface area contributed by atoms with E-state index in [2.05, 4.69) is 59.2 Å². The number of piperazine rings is 2. The first-order valence-electron chi connectivity index (χ1n) is 33.5. The summed E-state index contributed by atoms with van der Waals surface area (Å²) in [6.45, 7) is 18.1. The lowest BCUT2D eigenvalue weighted by Crippen LogP contribution is -2.62. The van der Waals surface area contributed by atoms with Gasteiger partial charge in [-0.05, 0) is 158 Å². The topological polar surface area (TPSA) is 230 Å². The van der Waals surface area contributed by atoms with Gasteiger partial charge in [-0.15, -0.1) is 0 Å². The lowest BCUT2D eigenvalue weighted by molar-refractivity contribution is -0.153. The van der Waals surface area contributed by atoms with Crippen molar-refractivity contribution in [2.75, 3.05) is 65.4 Å². The second kappa shape index (κ2) is 29.2. The van der Waals surface area contributed by atoms with Crippen LogP contribution in [0, 0.1) is 36.5 Å². The zero-order valence-electron chi connectivity index (χ0n) is 55.3. The summed E-state index contributed by atoms with van der Waals surface area (Å²) in [7, 11) is 0. The van der Waals surface area contributed by atoms with Gasteiger partial charge in [-0.3, -0.25) is 48.5 Å². The molecule has 3 N–H and O–H groups in total. The number of primary amides is 1. The number of rotatable bonds is 16. The van der Waals surface area contributed by atoms with Gasteiger partial charge in [0.1, 0.15) is 12.1 Å². The third kappa shape index (κ3) is 16.2. The summed E-state index contributed by atoms with van der Waals surface area (Å²) in [5.41, 5.74) is 15.1. The van der Waals surface area contributed by atoms with Gasteiger partial charge in [-0.1, -0.05) is 75.2 Å². The van der Waals surface area contributed by atoms with Crippen molar-refractivity contribution in [3.8, 4) is 0 Å². The van der Waals surface area contributed by atoms with Crippen LogP contribution in [0.4, 0.5) is 0 Å². The number of imidazole rings is 2. The SMILES string of the molecule is Cc1cn(C[C@@H]2CCCN(C(=O)[C@H]3CN([C@H]4c5ccc(Cl)cc5CCc5cccnc54)CCN3C(=O)CC(C)(C)CC(=O)O)C2)cn1.Cc1cn(C[C@@H]2CCCN(C(=O)[C@H]3CN([C@H]4c5ccc(Cl)cc5CCc5cccnc54)CCN3C(=O)CC(C)(C)CC(N)=O)C2)cn1. The summed E-state index contributed by atoms with van der Waals surface area (Å²) < 4.78 is 4.20. The Morgan fingerprint density at radius 3 is 1.37 bits per heavy atom. The number of aliphatic carboxylic acids is 1. The summed E-state index contributed by atoms with van der Waals surface area (Å²) >= 11 is 12.9. The fourth-order valence-electron chi connectivity index (χ4n) is 15.6. The van der Waals surface area contributed by atoms with Gasteiger partial charge in [-0.2, -0.15) is 0 Å². The Hall–Kier alpha value is -7.52. The fourth-order valence-corrected chi connectivity index (χ4v) is 16.0. The maximum absolute atomic E-state index is 14.6. The number of carboxylic acid groups (broad SMARTS) is 1. The lowest BCUT2D eigenvalue weighted by atomic mass is 9.84. The minimum atomic E-state index is -0.939. The molecule has 0 radical (unpaired) electrons. The molecule has 6 aliphatic rings. The number of aromatic nitrogens is 6. The molecule has 6 atom stereocenters. The molecular weight excluding hydrogens is 1230 g/mol. The van der Waals surface area contributed by atoms with Gasteiger partial charge in [0, 0.05) is 133 Å². The maximum atomic E-state index is 14.6. The molecule has 2 aromatic carbocycles. The number of benzene rings is 2. The normalized spacial score (nSPS) is 21.9. The smallest absolute Gasteiger partial charge is 0.303 e. The average molecular weight is 1320 g/mol. The second-order valence-corrected chi connectivity index (χ2v) is 29.6. The molecule has 5 amide bonds.